The molecule has 24 heavy (non-hydrogen) atoms. The maximum Gasteiger partial charge on any atom is 0.305 e. The lowest BCUT2D eigenvalue weighted by Crippen LogP contribution is -2.31. The Kier molecular flexibility index (Phi) is 4.60. The third-order valence-corrected chi connectivity index (χ3v) is 3.91. The van der Waals surface area contributed by atoms with Crippen molar-refractivity contribution in [2.45, 2.75) is 44.3 Å². The van der Waals surface area contributed by atoms with Gasteiger partial charge in [0.2, 0.25) is 0 Å². The molecule has 1 fully saturated rings. The molecule has 0 amide bonds. The lowest BCUT2D eigenvalue weighted by atomic mass is 10.1. The first-order valence-corrected chi connectivity index (χ1v) is 7.60. The van der Waals surface area contributed by atoms with Gasteiger partial charge in [-0.1, -0.05) is 0 Å². The summed E-state index contributed by atoms with van der Waals surface area (Å²) >= 11 is 0. The van der Waals surface area contributed by atoms with Crippen LogP contribution in [0.1, 0.15) is 26.0 Å². The average Bonchev–Trinajstić information content (AvgIpc) is 3.10. The molecular weight excluding hydrogens is 320 g/mol. The molecule has 0 saturated carbocycles. The van der Waals surface area contributed by atoms with E-state index in [0.29, 0.717) is 0 Å². The van der Waals surface area contributed by atoms with E-state index in [2.05, 4.69) is 15.0 Å². The van der Waals surface area contributed by atoms with E-state index in [1.54, 1.807) is 6.92 Å². The quantitative estimate of drug-likeness (QED) is 0.595. The maximum absolute atomic E-state index is 11.7. The lowest BCUT2D eigenvalue weighted by Gasteiger charge is -2.16. The van der Waals surface area contributed by atoms with Crippen LogP contribution in [0.25, 0.3) is 11.2 Å². The molecule has 10 nitrogen and oxygen atoms in total. The number of aliphatic hydroxyl groups excluding tert-OH is 2. The number of rotatable bonds is 5. The minimum atomic E-state index is -1.24. The number of nitrogens with zero attached hydrogens (tertiary/aromatic N) is 3. The van der Waals surface area contributed by atoms with E-state index in [1.807, 2.05) is 0 Å². The summed E-state index contributed by atoms with van der Waals surface area (Å²) in [5.41, 5.74) is -0.0653. The molecule has 0 aromatic carbocycles. The molecule has 4 atom stereocenters. The molecule has 1 saturated heterocycles. The van der Waals surface area contributed by atoms with Crippen LogP contribution in [0.4, 0.5) is 0 Å². The van der Waals surface area contributed by atoms with Crippen molar-refractivity contribution in [1.82, 2.24) is 19.5 Å². The number of fused-ring (bicyclic) bond motifs is 1. The van der Waals surface area contributed by atoms with Crippen molar-refractivity contribution in [2.75, 3.05) is 6.61 Å². The second-order valence-electron chi connectivity index (χ2n) is 5.45. The van der Waals surface area contributed by atoms with Crippen LogP contribution in [-0.2, 0) is 14.3 Å². The number of carbonyl (C=O) groups is 1. The number of carbonyl (C=O) groups excluding carboxylic acids is 1. The molecule has 130 valence electrons. The minimum absolute atomic E-state index is 0.0671. The summed E-state index contributed by atoms with van der Waals surface area (Å²) < 4.78 is 11.9. The SMILES string of the molecule is CCOC(=O)CCC1OC(n2cnc3c(=O)[nH]cnc32)C(O)C1O. The Morgan fingerprint density at radius 3 is 2.96 bits per heavy atom. The van der Waals surface area contributed by atoms with Crippen molar-refractivity contribution >= 4 is 17.1 Å². The fraction of sp³-hybridized carbons (Fsp3) is 0.571. The second kappa shape index (κ2) is 6.67. The molecule has 3 heterocycles. The zero-order chi connectivity index (χ0) is 17.3. The summed E-state index contributed by atoms with van der Waals surface area (Å²) in [5, 5.41) is 20.4. The molecule has 1 aliphatic rings. The van der Waals surface area contributed by atoms with Gasteiger partial charge in [-0.3, -0.25) is 14.2 Å². The number of imidazole rings is 1. The fourth-order valence-electron chi connectivity index (χ4n) is 2.74. The van der Waals surface area contributed by atoms with E-state index in [-0.39, 0.29) is 30.6 Å². The van der Waals surface area contributed by atoms with Crippen LogP contribution in [0.3, 0.4) is 0 Å². The van der Waals surface area contributed by atoms with Crippen molar-refractivity contribution < 1.29 is 24.5 Å². The molecular formula is C14H18N4O6. The highest BCUT2D eigenvalue weighted by Crippen LogP contribution is 2.32. The number of hydrogen-bond donors (Lipinski definition) is 3. The topological polar surface area (TPSA) is 140 Å². The number of esters is 1. The fourth-order valence-corrected chi connectivity index (χ4v) is 2.74. The lowest BCUT2D eigenvalue weighted by molar-refractivity contribution is -0.144. The van der Waals surface area contributed by atoms with Gasteiger partial charge in [-0.25, -0.2) is 9.97 Å². The summed E-state index contributed by atoms with van der Waals surface area (Å²) in [7, 11) is 0. The molecule has 0 spiro atoms. The Morgan fingerprint density at radius 1 is 1.42 bits per heavy atom. The Morgan fingerprint density at radius 2 is 2.21 bits per heavy atom. The van der Waals surface area contributed by atoms with Crippen LogP contribution < -0.4 is 5.56 Å². The van der Waals surface area contributed by atoms with E-state index >= 15 is 0 Å². The van der Waals surface area contributed by atoms with Gasteiger partial charge in [-0.15, -0.1) is 0 Å². The summed E-state index contributed by atoms with van der Waals surface area (Å²) in [4.78, 5) is 33.5. The number of hydrogen-bond acceptors (Lipinski definition) is 8. The predicted molar refractivity (Wildman–Crippen MR) is 79.9 cm³/mol. The van der Waals surface area contributed by atoms with E-state index in [4.69, 9.17) is 9.47 Å². The first-order valence-electron chi connectivity index (χ1n) is 7.60. The van der Waals surface area contributed by atoms with Gasteiger partial charge in [0.05, 0.1) is 25.4 Å². The highest BCUT2D eigenvalue weighted by molar-refractivity contribution is 5.69. The third-order valence-electron chi connectivity index (χ3n) is 3.91. The molecule has 1 aliphatic heterocycles. The van der Waals surface area contributed by atoms with Crippen molar-refractivity contribution in [3.8, 4) is 0 Å². The van der Waals surface area contributed by atoms with Crippen molar-refractivity contribution in [3.63, 3.8) is 0 Å². The van der Waals surface area contributed by atoms with E-state index in [9.17, 15) is 19.8 Å². The molecule has 0 aliphatic carbocycles. The summed E-state index contributed by atoms with van der Waals surface area (Å²) in [6.07, 6.45) is -1.30. The Bertz CT molecular complexity index is 787. The van der Waals surface area contributed by atoms with E-state index in [0.717, 1.165) is 0 Å². The van der Waals surface area contributed by atoms with E-state index < -0.39 is 36.1 Å². The van der Waals surface area contributed by atoms with Crippen LogP contribution in [0.15, 0.2) is 17.4 Å². The summed E-state index contributed by atoms with van der Waals surface area (Å²) in [6, 6.07) is 0. The van der Waals surface area contributed by atoms with Crippen LogP contribution in [0.5, 0.6) is 0 Å². The Hall–Kier alpha value is -2.30. The van der Waals surface area contributed by atoms with Crippen LogP contribution in [0.2, 0.25) is 0 Å². The number of aromatic nitrogens is 4. The molecule has 0 bridgehead atoms. The average molecular weight is 338 g/mol. The van der Waals surface area contributed by atoms with Crippen molar-refractivity contribution in [2.24, 2.45) is 0 Å². The zero-order valence-corrected chi connectivity index (χ0v) is 13.0. The summed E-state index contributed by atoms with van der Waals surface area (Å²) in [5.74, 6) is -0.396. The van der Waals surface area contributed by atoms with E-state index in [1.165, 1.54) is 17.2 Å². The minimum Gasteiger partial charge on any atom is -0.466 e. The van der Waals surface area contributed by atoms with Gasteiger partial charge in [0.15, 0.2) is 17.4 Å². The molecule has 3 N–H and O–H groups in total. The predicted octanol–water partition coefficient (Wildman–Crippen LogP) is -0.918. The highest BCUT2D eigenvalue weighted by Gasteiger charge is 2.44. The number of ether oxygens (including phenoxy) is 2. The number of aromatic amines is 1. The number of nitrogens with one attached hydrogen (secondary N) is 1. The molecule has 2 aromatic rings. The first-order chi connectivity index (χ1) is 11.5. The van der Waals surface area contributed by atoms with Gasteiger partial charge in [0.25, 0.3) is 5.56 Å². The first kappa shape index (κ1) is 16.6. The monoisotopic (exact) mass is 338 g/mol. The normalized spacial score (nSPS) is 26.8. The third kappa shape index (κ3) is 2.90. The zero-order valence-electron chi connectivity index (χ0n) is 13.0. The molecule has 10 heteroatoms. The van der Waals surface area contributed by atoms with Gasteiger partial charge in [0.1, 0.15) is 12.2 Å². The Labute approximate surface area is 136 Å². The van der Waals surface area contributed by atoms with Gasteiger partial charge < -0.3 is 24.7 Å². The number of aliphatic hydroxyl groups is 2. The largest absolute Gasteiger partial charge is 0.466 e. The van der Waals surface area contributed by atoms with Gasteiger partial charge in [0, 0.05) is 6.42 Å². The highest BCUT2D eigenvalue weighted by atomic mass is 16.6. The molecule has 0 radical (unpaired) electrons. The second-order valence-corrected chi connectivity index (χ2v) is 5.45. The van der Waals surface area contributed by atoms with Crippen molar-refractivity contribution in [3.05, 3.63) is 23.0 Å². The molecule has 2 aromatic heterocycles. The van der Waals surface area contributed by atoms with Crippen molar-refractivity contribution in [1.29, 1.82) is 0 Å². The van der Waals surface area contributed by atoms with Gasteiger partial charge in [-0.2, -0.15) is 0 Å². The van der Waals surface area contributed by atoms with Crippen LogP contribution >= 0.6 is 0 Å². The summed E-state index contributed by atoms with van der Waals surface area (Å²) in [6.45, 7) is 1.98. The smallest absolute Gasteiger partial charge is 0.305 e. The number of H-pyrrole nitrogens is 1. The van der Waals surface area contributed by atoms with Gasteiger partial charge in [-0.05, 0) is 13.3 Å². The van der Waals surface area contributed by atoms with Crippen LogP contribution in [0, 0.1) is 0 Å². The molecule has 3 rings (SSSR count). The molecule has 4 unspecified atom stereocenters. The standard InChI is InChI=1S/C14H18N4O6/c1-2-23-8(19)4-3-7-10(20)11(21)14(24-7)18-6-17-9-12(18)15-5-16-13(9)22/h5-7,10-11,14,20-21H,2-4H2,1H3,(H,15,16,22). The Balaban J connectivity index is 1.78. The van der Waals surface area contributed by atoms with Crippen LogP contribution in [-0.4, -0.2) is 60.6 Å². The maximum atomic E-state index is 11.7. The van der Waals surface area contributed by atoms with Gasteiger partial charge >= 0.3 is 5.97 Å².